The van der Waals surface area contributed by atoms with Crippen LogP contribution in [0.4, 0.5) is 0 Å². The smallest absolute Gasteiger partial charge is 0.223 e. The first kappa shape index (κ1) is 17.7. The summed E-state index contributed by atoms with van der Waals surface area (Å²) in [6, 6.07) is 0.243. The van der Waals surface area contributed by atoms with E-state index in [9.17, 15) is 4.79 Å². The zero-order valence-electron chi connectivity index (χ0n) is 11.8. The van der Waals surface area contributed by atoms with E-state index in [1.165, 1.54) is 19.3 Å². The van der Waals surface area contributed by atoms with Gasteiger partial charge in [-0.25, -0.2) is 0 Å². The van der Waals surface area contributed by atoms with Crippen LogP contribution in [0.1, 0.15) is 58.8 Å². The van der Waals surface area contributed by atoms with Gasteiger partial charge in [-0.2, -0.15) is 0 Å². The lowest BCUT2D eigenvalue weighted by Gasteiger charge is -2.17. The summed E-state index contributed by atoms with van der Waals surface area (Å²) in [6.07, 6.45) is 7.74. The molecule has 0 saturated heterocycles. The molecule has 1 fully saturated rings. The number of carbonyl (C=O) groups is 1. The zero-order chi connectivity index (χ0) is 12.7. The summed E-state index contributed by atoms with van der Waals surface area (Å²) in [5.41, 5.74) is 5.83. The van der Waals surface area contributed by atoms with Crippen molar-refractivity contribution in [2.45, 2.75) is 64.8 Å². The molecule has 3 unspecified atom stereocenters. The normalized spacial score (nSPS) is 24.4. The van der Waals surface area contributed by atoms with Gasteiger partial charge in [0, 0.05) is 18.5 Å². The molecule has 0 aromatic heterocycles. The number of nitrogens with one attached hydrogen (secondary N) is 1. The van der Waals surface area contributed by atoms with Crippen molar-refractivity contribution in [3.63, 3.8) is 0 Å². The van der Waals surface area contributed by atoms with Crippen LogP contribution in [0.15, 0.2) is 0 Å². The van der Waals surface area contributed by atoms with Crippen LogP contribution >= 0.6 is 12.4 Å². The van der Waals surface area contributed by atoms with Crippen LogP contribution in [0.25, 0.3) is 0 Å². The molecule has 4 heteroatoms. The van der Waals surface area contributed by atoms with Gasteiger partial charge in [0.25, 0.3) is 0 Å². The molecule has 3 atom stereocenters. The van der Waals surface area contributed by atoms with Crippen molar-refractivity contribution in [3.05, 3.63) is 0 Å². The minimum atomic E-state index is 0. The molecule has 1 rings (SSSR count). The summed E-state index contributed by atoms with van der Waals surface area (Å²) in [7, 11) is 0. The number of rotatable bonds is 7. The maximum atomic E-state index is 11.9. The molecule has 3 N–H and O–H groups in total. The number of hydrogen-bond acceptors (Lipinski definition) is 2. The van der Waals surface area contributed by atoms with E-state index >= 15 is 0 Å². The number of amides is 1. The monoisotopic (exact) mass is 276 g/mol. The Morgan fingerprint density at radius 3 is 2.61 bits per heavy atom. The first-order valence-electron chi connectivity index (χ1n) is 7.20. The average Bonchev–Trinajstić information content (AvgIpc) is 2.76. The molecule has 1 saturated carbocycles. The number of unbranched alkanes of at least 4 members (excludes halogenated alkanes) is 1. The molecule has 3 nitrogen and oxygen atoms in total. The third-order valence-electron chi connectivity index (χ3n) is 3.95. The second kappa shape index (κ2) is 9.62. The topological polar surface area (TPSA) is 55.1 Å². The summed E-state index contributed by atoms with van der Waals surface area (Å²) in [4.78, 5) is 11.9. The van der Waals surface area contributed by atoms with Gasteiger partial charge in [0.1, 0.15) is 0 Å². The molecule has 0 heterocycles. The third-order valence-corrected chi connectivity index (χ3v) is 3.95. The molecule has 0 aliphatic heterocycles. The Bertz CT molecular complexity index is 236. The van der Waals surface area contributed by atoms with E-state index in [4.69, 9.17) is 5.73 Å². The fourth-order valence-corrected chi connectivity index (χ4v) is 2.59. The lowest BCUT2D eigenvalue weighted by atomic mass is 9.99. The number of nitrogens with two attached hydrogens (primary N) is 1. The fourth-order valence-electron chi connectivity index (χ4n) is 2.59. The van der Waals surface area contributed by atoms with Gasteiger partial charge in [-0.05, 0) is 31.6 Å². The van der Waals surface area contributed by atoms with Gasteiger partial charge in [-0.3, -0.25) is 4.79 Å². The molecule has 1 aliphatic carbocycles. The molecule has 0 radical (unpaired) electrons. The van der Waals surface area contributed by atoms with Crippen molar-refractivity contribution in [3.8, 4) is 0 Å². The highest BCUT2D eigenvalue weighted by molar-refractivity contribution is 5.85. The molecule has 18 heavy (non-hydrogen) atoms. The SMILES string of the molecule is CCCCC(CC)CNC(=O)C1CCC(N)C1.Cl. The molecule has 0 aromatic carbocycles. The fraction of sp³-hybridized carbons (Fsp3) is 0.929. The Morgan fingerprint density at radius 2 is 2.11 bits per heavy atom. The van der Waals surface area contributed by atoms with Crippen LogP contribution in [0.2, 0.25) is 0 Å². The Kier molecular flexibility index (Phi) is 9.47. The van der Waals surface area contributed by atoms with Gasteiger partial charge in [-0.15, -0.1) is 12.4 Å². The standard InChI is InChI=1S/C14H28N2O.ClH/c1-3-5-6-11(4-2)10-16-14(17)12-7-8-13(15)9-12;/h11-13H,3-10,15H2,1-2H3,(H,16,17);1H. The molecular formula is C14H29ClN2O. The van der Waals surface area contributed by atoms with E-state index < -0.39 is 0 Å². The minimum Gasteiger partial charge on any atom is -0.356 e. The van der Waals surface area contributed by atoms with Crippen LogP contribution in [0.3, 0.4) is 0 Å². The van der Waals surface area contributed by atoms with Gasteiger partial charge in [-0.1, -0.05) is 33.1 Å². The molecule has 1 aliphatic rings. The van der Waals surface area contributed by atoms with Crippen LogP contribution in [0.5, 0.6) is 0 Å². The maximum absolute atomic E-state index is 11.9. The van der Waals surface area contributed by atoms with E-state index in [1.54, 1.807) is 0 Å². The minimum absolute atomic E-state index is 0. The molecule has 108 valence electrons. The Hall–Kier alpha value is -0.280. The van der Waals surface area contributed by atoms with Crippen LogP contribution in [-0.4, -0.2) is 18.5 Å². The van der Waals surface area contributed by atoms with Crippen LogP contribution in [0, 0.1) is 11.8 Å². The zero-order valence-corrected chi connectivity index (χ0v) is 12.6. The average molecular weight is 277 g/mol. The summed E-state index contributed by atoms with van der Waals surface area (Å²) in [6.45, 7) is 5.27. The quantitative estimate of drug-likeness (QED) is 0.751. The number of carbonyl (C=O) groups excluding carboxylic acids is 1. The van der Waals surface area contributed by atoms with E-state index in [-0.39, 0.29) is 30.3 Å². The summed E-state index contributed by atoms with van der Waals surface area (Å²) in [5.74, 6) is 1.05. The molecule has 0 bridgehead atoms. The maximum Gasteiger partial charge on any atom is 0.223 e. The Labute approximate surface area is 118 Å². The van der Waals surface area contributed by atoms with Crippen molar-refractivity contribution >= 4 is 18.3 Å². The van der Waals surface area contributed by atoms with E-state index in [0.29, 0.717) is 5.92 Å². The van der Waals surface area contributed by atoms with Gasteiger partial charge >= 0.3 is 0 Å². The Balaban J connectivity index is 0.00000289. The second-order valence-corrected chi connectivity index (χ2v) is 5.43. The van der Waals surface area contributed by atoms with Crippen molar-refractivity contribution in [1.82, 2.24) is 5.32 Å². The first-order chi connectivity index (χ1) is 8.17. The third kappa shape index (κ3) is 6.05. The summed E-state index contributed by atoms with van der Waals surface area (Å²) < 4.78 is 0. The van der Waals surface area contributed by atoms with Crippen molar-refractivity contribution in [1.29, 1.82) is 0 Å². The number of hydrogen-bond donors (Lipinski definition) is 2. The van der Waals surface area contributed by atoms with Crippen LogP contribution in [-0.2, 0) is 4.79 Å². The van der Waals surface area contributed by atoms with Crippen molar-refractivity contribution in [2.75, 3.05) is 6.54 Å². The largest absolute Gasteiger partial charge is 0.356 e. The van der Waals surface area contributed by atoms with Gasteiger partial charge < -0.3 is 11.1 Å². The predicted molar refractivity (Wildman–Crippen MR) is 78.9 cm³/mol. The van der Waals surface area contributed by atoms with Crippen molar-refractivity contribution in [2.24, 2.45) is 17.6 Å². The predicted octanol–water partition coefficient (Wildman–Crippen LogP) is 2.87. The molecular weight excluding hydrogens is 248 g/mol. The highest BCUT2D eigenvalue weighted by Crippen LogP contribution is 2.24. The van der Waals surface area contributed by atoms with Gasteiger partial charge in [0.05, 0.1) is 0 Å². The highest BCUT2D eigenvalue weighted by atomic mass is 35.5. The van der Waals surface area contributed by atoms with Crippen LogP contribution < -0.4 is 11.1 Å². The molecule has 0 aromatic rings. The summed E-state index contributed by atoms with van der Waals surface area (Å²) >= 11 is 0. The lowest BCUT2D eigenvalue weighted by Crippen LogP contribution is -2.34. The molecule has 0 spiro atoms. The first-order valence-corrected chi connectivity index (χ1v) is 7.20. The van der Waals surface area contributed by atoms with Gasteiger partial charge in [0.15, 0.2) is 0 Å². The highest BCUT2D eigenvalue weighted by Gasteiger charge is 2.27. The van der Waals surface area contributed by atoms with E-state index in [1.807, 2.05) is 0 Å². The summed E-state index contributed by atoms with van der Waals surface area (Å²) in [5, 5.41) is 3.11. The van der Waals surface area contributed by atoms with E-state index in [2.05, 4.69) is 19.2 Å². The Morgan fingerprint density at radius 1 is 1.39 bits per heavy atom. The number of halogens is 1. The van der Waals surface area contributed by atoms with Gasteiger partial charge in [0.2, 0.25) is 5.91 Å². The lowest BCUT2D eigenvalue weighted by molar-refractivity contribution is -0.125. The second-order valence-electron chi connectivity index (χ2n) is 5.43. The van der Waals surface area contributed by atoms with E-state index in [0.717, 1.165) is 32.2 Å². The molecule has 1 amide bonds. The van der Waals surface area contributed by atoms with Crippen molar-refractivity contribution < 1.29 is 4.79 Å².